The lowest BCUT2D eigenvalue weighted by Gasteiger charge is -2.26. The average Bonchev–Trinajstić information content (AvgIpc) is 2.65. The molecule has 0 spiro atoms. The predicted molar refractivity (Wildman–Crippen MR) is 75.1 cm³/mol. The third kappa shape index (κ3) is 2.40. The second kappa shape index (κ2) is 4.94. The van der Waals surface area contributed by atoms with E-state index in [0.29, 0.717) is 16.9 Å². The lowest BCUT2D eigenvalue weighted by atomic mass is 10.2. The minimum absolute atomic E-state index is 0.484. The largest absolute Gasteiger partial charge is 0.399 e. The molecule has 3 heterocycles. The first-order valence-corrected chi connectivity index (χ1v) is 7.02. The number of anilines is 2. The van der Waals surface area contributed by atoms with Crippen LogP contribution in [-0.2, 0) is 0 Å². The SMILES string of the molecule is Nc1cc(Cl)nc(N2CCCN3CCCC3C2)c1. The second-order valence-electron chi connectivity index (χ2n) is 5.21. The molecule has 1 aromatic rings. The summed E-state index contributed by atoms with van der Waals surface area (Å²) in [7, 11) is 0. The van der Waals surface area contributed by atoms with Crippen LogP contribution in [0.25, 0.3) is 0 Å². The van der Waals surface area contributed by atoms with Crippen LogP contribution >= 0.6 is 11.6 Å². The molecular weight excluding hydrogens is 248 g/mol. The predicted octanol–water partition coefficient (Wildman–Crippen LogP) is 1.99. The summed E-state index contributed by atoms with van der Waals surface area (Å²) in [6.07, 6.45) is 3.81. The number of hydrogen-bond acceptors (Lipinski definition) is 4. The highest BCUT2D eigenvalue weighted by atomic mass is 35.5. The van der Waals surface area contributed by atoms with E-state index >= 15 is 0 Å². The Hall–Kier alpha value is -1.00. The van der Waals surface area contributed by atoms with Crippen LogP contribution in [0.4, 0.5) is 11.5 Å². The summed E-state index contributed by atoms with van der Waals surface area (Å²) in [5, 5.41) is 0.484. The molecule has 2 aliphatic heterocycles. The first-order chi connectivity index (χ1) is 8.72. The van der Waals surface area contributed by atoms with E-state index in [4.69, 9.17) is 17.3 Å². The van der Waals surface area contributed by atoms with Crippen molar-refractivity contribution in [3.05, 3.63) is 17.3 Å². The average molecular weight is 267 g/mol. The molecule has 1 aromatic heterocycles. The molecule has 0 bridgehead atoms. The molecule has 2 saturated heterocycles. The van der Waals surface area contributed by atoms with Crippen molar-refractivity contribution in [2.45, 2.75) is 25.3 Å². The van der Waals surface area contributed by atoms with Crippen LogP contribution in [0.5, 0.6) is 0 Å². The number of hydrogen-bond donors (Lipinski definition) is 1. The highest BCUT2D eigenvalue weighted by Gasteiger charge is 2.29. The summed E-state index contributed by atoms with van der Waals surface area (Å²) < 4.78 is 0. The van der Waals surface area contributed by atoms with E-state index in [9.17, 15) is 0 Å². The fraction of sp³-hybridized carbons (Fsp3) is 0.615. The Kier molecular flexibility index (Phi) is 3.31. The number of nitrogen functional groups attached to an aromatic ring is 1. The van der Waals surface area contributed by atoms with E-state index < -0.39 is 0 Å². The lowest BCUT2D eigenvalue weighted by molar-refractivity contribution is 0.273. The van der Waals surface area contributed by atoms with Crippen LogP contribution in [0.3, 0.4) is 0 Å². The Morgan fingerprint density at radius 3 is 2.89 bits per heavy atom. The zero-order valence-corrected chi connectivity index (χ0v) is 11.2. The molecule has 0 amide bonds. The first-order valence-electron chi connectivity index (χ1n) is 6.64. The quantitative estimate of drug-likeness (QED) is 0.790. The third-order valence-electron chi connectivity index (χ3n) is 3.93. The van der Waals surface area contributed by atoms with E-state index in [1.54, 1.807) is 6.07 Å². The zero-order chi connectivity index (χ0) is 12.5. The van der Waals surface area contributed by atoms with Gasteiger partial charge >= 0.3 is 0 Å². The van der Waals surface area contributed by atoms with Crippen LogP contribution < -0.4 is 10.6 Å². The fourth-order valence-electron chi connectivity index (χ4n) is 3.08. The van der Waals surface area contributed by atoms with E-state index in [1.807, 2.05) is 6.07 Å². The van der Waals surface area contributed by atoms with Gasteiger partial charge in [0.1, 0.15) is 11.0 Å². The van der Waals surface area contributed by atoms with Crippen LogP contribution in [0.15, 0.2) is 12.1 Å². The minimum Gasteiger partial charge on any atom is -0.399 e. The Labute approximate surface area is 113 Å². The van der Waals surface area contributed by atoms with Crippen molar-refractivity contribution < 1.29 is 0 Å². The molecule has 0 radical (unpaired) electrons. The van der Waals surface area contributed by atoms with Crippen molar-refractivity contribution in [2.24, 2.45) is 0 Å². The Morgan fingerprint density at radius 2 is 2.06 bits per heavy atom. The van der Waals surface area contributed by atoms with Crippen molar-refractivity contribution in [3.8, 4) is 0 Å². The van der Waals surface area contributed by atoms with Crippen molar-refractivity contribution in [1.29, 1.82) is 0 Å². The van der Waals surface area contributed by atoms with Gasteiger partial charge in [-0.25, -0.2) is 4.98 Å². The molecule has 1 unspecified atom stereocenters. The maximum Gasteiger partial charge on any atom is 0.133 e. The van der Waals surface area contributed by atoms with Gasteiger partial charge in [-0.15, -0.1) is 0 Å². The molecule has 3 rings (SSSR count). The van der Waals surface area contributed by atoms with Gasteiger partial charge in [-0.3, -0.25) is 4.90 Å². The molecular formula is C13H19ClN4. The summed E-state index contributed by atoms with van der Waals surface area (Å²) in [4.78, 5) is 9.34. The van der Waals surface area contributed by atoms with Gasteiger partial charge in [0, 0.05) is 37.4 Å². The molecule has 5 heteroatoms. The van der Waals surface area contributed by atoms with Gasteiger partial charge in [0.2, 0.25) is 0 Å². The lowest BCUT2D eigenvalue weighted by Crippen LogP contribution is -2.37. The molecule has 4 nitrogen and oxygen atoms in total. The molecule has 0 aromatic carbocycles. The molecule has 0 saturated carbocycles. The van der Waals surface area contributed by atoms with E-state index in [1.165, 1.54) is 32.4 Å². The Bertz CT molecular complexity index is 417. The van der Waals surface area contributed by atoms with Crippen LogP contribution in [0.2, 0.25) is 5.15 Å². The van der Waals surface area contributed by atoms with Gasteiger partial charge in [-0.2, -0.15) is 0 Å². The van der Waals surface area contributed by atoms with Gasteiger partial charge in [0.25, 0.3) is 0 Å². The maximum absolute atomic E-state index is 5.99. The first kappa shape index (κ1) is 12.1. The van der Waals surface area contributed by atoms with Crippen LogP contribution in [0.1, 0.15) is 19.3 Å². The van der Waals surface area contributed by atoms with Gasteiger partial charge < -0.3 is 10.6 Å². The van der Waals surface area contributed by atoms with Crippen LogP contribution in [0, 0.1) is 0 Å². The highest BCUT2D eigenvalue weighted by molar-refractivity contribution is 6.29. The number of nitrogens with zero attached hydrogens (tertiary/aromatic N) is 3. The van der Waals surface area contributed by atoms with E-state index in [-0.39, 0.29) is 0 Å². The summed E-state index contributed by atoms with van der Waals surface area (Å²) in [6, 6.07) is 4.30. The summed E-state index contributed by atoms with van der Waals surface area (Å²) in [5.74, 6) is 0.925. The number of pyridine rings is 1. The van der Waals surface area contributed by atoms with Crippen molar-refractivity contribution in [3.63, 3.8) is 0 Å². The molecule has 2 fully saturated rings. The van der Waals surface area contributed by atoms with Gasteiger partial charge in [-0.05, 0) is 31.9 Å². The van der Waals surface area contributed by atoms with Crippen molar-refractivity contribution in [2.75, 3.05) is 36.8 Å². The number of fused-ring (bicyclic) bond motifs is 1. The monoisotopic (exact) mass is 266 g/mol. The van der Waals surface area contributed by atoms with Crippen LogP contribution in [-0.4, -0.2) is 42.1 Å². The number of aromatic nitrogens is 1. The fourth-order valence-corrected chi connectivity index (χ4v) is 3.29. The topological polar surface area (TPSA) is 45.4 Å². The Balaban J connectivity index is 1.82. The highest BCUT2D eigenvalue weighted by Crippen LogP contribution is 2.26. The minimum atomic E-state index is 0.484. The standard InChI is InChI=1S/C13H19ClN4/c14-12-7-10(15)8-13(16-12)18-6-2-5-17-4-1-3-11(17)9-18/h7-8,11H,1-6,9H2,(H2,15,16). The molecule has 18 heavy (non-hydrogen) atoms. The van der Waals surface area contributed by atoms with Crippen molar-refractivity contribution in [1.82, 2.24) is 9.88 Å². The normalized spacial score (nSPS) is 24.9. The smallest absolute Gasteiger partial charge is 0.133 e. The van der Waals surface area contributed by atoms with Gasteiger partial charge in [-0.1, -0.05) is 11.6 Å². The molecule has 0 aliphatic carbocycles. The summed E-state index contributed by atoms with van der Waals surface area (Å²) in [6.45, 7) is 4.55. The van der Waals surface area contributed by atoms with E-state index in [2.05, 4.69) is 14.8 Å². The third-order valence-corrected chi connectivity index (χ3v) is 4.12. The van der Waals surface area contributed by atoms with E-state index in [0.717, 1.165) is 18.9 Å². The maximum atomic E-state index is 5.99. The zero-order valence-electron chi connectivity index (χ0n) is 10.5. The number of nitrogens with two attached hydrogens (primary N) is 1. The second-order valence-corrected chi connectivity index (χ2v) is 5.60. The Morgan fingerprint density at radius 1 is 1.22 bits per heavy atom. The number of rotatable bonds is 1. The summed E-state index contributed by atoms with van der Waals surface area (Å²) >= 11 is 5.99. The van der Waals surface area contributed by atoms with Gasteiger partial charge in [0.15, 0.2) is 0 Å². The van der Waals surface area contributed by atoms with Gasteiger partial charge in [0.05, 0.1) is 0 Å². The molecule has 1 atom stereocenters. The molecule has 98 valence electrons. The molecule has 2 N–H and O–H groups in total. The summed E-state index contributed by atoms with van der Waals surface area (Å²) in [5.41, 5.74) is 6.54. The number of halogens is 1. The van der Waals surface area contributed by atoms with Crippen molar-refractivity contribution >= 4 is 23.1 Å². The molecule has 2 aliphatic rings.